The van der Waals surface area contributed by atoms with Crippen molar-refractivity contribution in [2.75, 3.05) is 0 Å². The number of aryl methyl sites for hydroxylation is 1. The second-order valence-corrected chi connectivity index (χ2v) is 2.68. The summed E-state index contributed by atoms with van der Waals surface area (Å²) in [7, 11) is 0. The number of pyridine rings is 1. The maximum absolute atomic E-state index is 10.6. The van der Waals surface area contributed by atoms with Crippen LogP contribution in [0.3, 0.4) is 0 Å². The van der Waals surface area contributed by atoms with Crippen molar-refractivity contribution in [3.8, 4) is 0 Å². The molecule has 0 aliphatic heterocycles. The van der Waals surface area contributed by atoms with E-state index in [1.807, 2.05) is 0 Å². The molecule has 0 aliphatic rings. The third kappa shape index (κ3) is 1.24. The van der Waals surface area contributed by atoms with Crippen LogP contribution in [0, 0.1) is 6.92 Å². The first-order valence-corrected chi connectivity index (χ1v) is 3.73. The highest BCUT2D eigenvalue weighted by molar-refractivity contribution is 5.87. The van der Waals surface area contributed by atoms with E-state index in [0.717, 1.165) is 0 Å². The molecule has 13 heavy (non-hydrogen) atoms. The number of hydrogen-bond donors (Lipinski definition) is 1. The molecule has 2 heterocycles. The molecule has 0 radical (unpaired) electrons. The molecule has 0 fully saturated rings. The highest BCUT2D eigenvalue weighted by Crippen LogP contribution is 2.04. The van der Waals surface area contributed by atoms with E-state index >= 15 is 0 Å². The minimum absolute atomic E-state index is 0.206. The molecule has 2 rings (SSSR count). The molecule has 0 aromatic carbocycles. The molecule has 5 nitrogen and oxygen atoms in total. The Labute approximate surface area is 73.6 Å². The highest BCUT2D eigenvalue weighted by Gasteiger charge is 2.05. The van der Waals surface area contributed by atoms with Crippen LogP contribution in [-0.2, 0) is 0 Å². The fourth-order valence-electron chi connectivity index (χ4n) is 1.12. The molecule has 0 spiro atoms. The van der Waals surface area contributed by atoms with E-state index in [2.05, 4.69) is 10.1 Å². The molecular weight excluding hydrogens is 170 g/mol. The molecule has 0 bridgehead atoms. The number of hydrogen-bond acceptors (Lipinski definition) is 3. The molecule has 0 saturated carbocycles. The third-order valence-corrected chi connectivity index (χ3v) is 1.68. The normalized spacial score (nSPS) is 10.5. The first-order valence-electron chi connectivity index (χ1n) is 3.73. The van der Waals surface area contributed by atoms with Crippen LogP contribution in [0.1, 0.15) is 16.2 Å². The van der Waals surface area contributed by atoms with E-state index in [-0.39, 0.29) is 5.56 Å². The lowest BCUT2D eigenvalue weighted by Crippen LogP contribution is -1.99. The molecule has 0 aliphatic carbocycles. The summed E-state index contributed by atoms with van der Waals surface area (Å²) in [5.74, 6) is -0.336. The number of nitrogens with zero attached hydrogens (tertiary/aromatic N) is 3. The lowest BCUT2D eigenvalue weighted by Gasteiger charge is -1.93. The zero-order chi connectivity index (χ0) is 9.42. The summed E-state index contributed by atoms with van der Waals surface area (Å²) in [5, 5.41) is 12.7. The summed E-state index contributed by atoms with van der Waals surface area (Å²) in [4.78, 5) is 14.7. The summed E-state index contributed by atoms with van der Waals surface area (Å²) >= 11 is 0. The van der Waals surface area contributed by atoms with E-state index in [9.17, 15) is 4.79 Å². The van der Waals surface area contributed by atoms with Crippen LogP contribution in [0.2, 0.25) is 0 Å². The van der Waals surface area contributed by atoms with Crippen LogP contribution in [-0.4, -0.2) is 25.7 Å². The molecule has 5 heteroatoms. The summed E-state index contributed by atoms with van der Waals surface area (Å²) in [5.41, 5.74) is 0.861. The van der Waals surface area contributed by atoms with Gasteiger partial charge in [0.15, 0.2) is 5.65 Å². The van der Waals surface area contributed by atoms with Crippen LogP contribution >= 0.6 is 0 Å². The van der Waals surface area contributed by atoms with Crippen molar-refractivity contribution in [1.29, 1.82) is 0 Å². The van der Waals surface area contributed by atoms with Crippen molar-refractivity contribution >= 4 is 11.6 Å². The van der Waals surface area contributed by atoms with Gasteiger partial charge in [-0.3, -0.25) is 0 Å². The SMILES string of the molecule is Cc1nc2ccc(C(=O)O)cn2n1. The van der Waals surface area contributed by atoms with Crippen molar-refractivity contribution in [1.82, 2.24) is 14.6 Å². The highest BCUT2D eigenvalue weighted by atomic mass is 16.4. The van der Waals surface area contributed by atoms with Crippen molar-refractivity contribution in [2.24, 2.45) is 0 Å². The number of aromatic nitrogens is 3. The number of carboxylic acid groups (broad SMARTS) is 1. The van der Waals surface area contributed by atoms with Crippen molar-refractivity contribution < 1.29 is 9.90 Å². The molecule has 0 saturated heterocycles. The number of fused-ring (bicyclic) bond motifs is 1. The first kappa shape index (κ1) is 7.72. The monoisotopic (exact) mass is 177 g/mol. The fraction of sp³-hybridized carbons (Fsp3) is 0.125. The second kappa shape index (κ2) is 2.55. The van der Waals surface area contributed by atoms with Crippen molar-refractivity contribution in [3.63, 3.8) is 0 Å². The Hall–Kier alpha value is -1.91. The molecule has 66 valence electrons. The van der Waals surface area contributed by atoms with Gasteiger partial charge >= 0.3 is 5.97 Å². The Morgan fingerprint density at radius 3 is 3.00 bits per heavy atom. The second-order valence-electron chi connectivity index (χ2n) is 2.68. The minimum Gasteiger partial charge on any atom is -0.478 e. The maximum Gasteiger partial charge on any atom is 0.337 e. The standard InChI is InChI=1S/C8H7N3O2/c1-5-9-7-3-2-6(8(12)13)4-11(7)10-5/h2-4H,1H3,(H,12,13). The number of carboxylic acids is 1. The summed E-state index contributed by atoms with van der Waals surface area (Å²) in [6, 6.07) is 3.13. The van der Waals surface area contributed by atoms with E-state index in [4.69, 9.17) is 5.11 Å². The Balaban J connectivity index is 2.67. The van der Waals surface area contributed by atoms with E-state index < -0.39 is 5.97 Å². The van der Waals surface area contributed by atoms with Gasteiger partial charge in [-0.25, -0.2) is 14.3 Å². The zero-order valence-electron chi connectivity index (χ0n) is 6.93. The van der Waals surface area contributed by atoms with Gasteiger partial charge in [0, 0.05) is 6.20 Å². The van der Waals surface area contributed by atoms with Gasteiger partial charge in [0.2, 0.25) is 0 Å². The summed E-state index contributed by atoms with van der Waals surface area (Å²) < 4.78 is 1.46. The Bertz CT molecular complexity index is 475. The third-order valence-electron chi connectivity index (χ3n) is 1.68. The topological polar surface area (TPSA) is 67.5 Å². The Kier molecular flexibility index (Phi) is 1.51. The molecule has 1 N–H and O–H groups in total. The predicted molar refractivity (Wildman–Crippen MR) is 44.7 cm³/mol. The van der Waals surface area contributed by atoms with Crippen molar-refractivity contribution in [2.45, 2.75) is 6.92 Å². The van der Waals surface area contributed by atoms with Crippen LogP contribution in [0.15, 0.2) is 18.3 Å². The van der Waals surface area contributed by atoms with Crippen LogP contribution in [0.4, 0.5) is 0 Å². The van der Waals surface area contributed by atoms with Gasteiger partial charge < -0.3 is 5.11 Å². The van der Waals surface area contributed by atoms with Gasteiger partial charge in [0.1, 0.15) is 5.82 Å². The minimum atomic E-state index is -0.963. The Morgan fingerprint density at radius 2 is 2.31 bits per heavy atom. The smallest absolute Gasteiger partial charge is 0.337 e. The Morgan fingerprint density at radius 1 is 1.54 bits per heavy atom. The van der Waals surface area contributed by atoms with Gasteiger partial charge in [-0.2, -0.15) is 5.10 Å². The average Bonchev–Trinajstić information content (AvgIpc) is 2.42. The average molecular weight is 177 g/mol. The van der Waals surface area contributed by atoms with Crippen LogP contribution in [0.5, 0.6) is 0 Å². The largest absolute Gasteiger partial charge is 0.478 e. The van der Waals surface area contributed by atoms with Gasteiger partial charge in [-0.05, 0) is 19.1 Å². The van der Waals surface area contributed by atoms with Gasteiger partial charge in [-0.15, -0.1) is 0 Å². The van der Waals surface area contributed by atoms with E-state index in [1.54, 1.807) is 13.0 Å². The lowest BCUT2D eigenvalue weighted by molar-refractivity contribution is 0.0696. The number of rotatable bonds is 1. The van der Waals surface area contributed by atoms with E-state index in [0.29, 0.717) is 11.5 Å². The van der Waals surface area contributed by atoms with Gasteiger partial charge in [0.25, 0.3) is 0 Å². The molecule has 2 aromatic rings. The fourth-order valence-corrected chi connectivity index (χ4v) is 1.12. The van der Waals surface area contributed by atoms with E-state index in [1.165, 1.54) is 16.8 Å². The number of carbonyl (C=O) groups is 1. The molecule has 2 aromatic heterocycles. The lowest BCUT2D eigenvalue weighted by atomic mass is 10.3. The zero-order valence-corrected chi connectivity index (χ0v) is 6.93. The molecule has 0 amide bonds. The predicted octanol–water partition coefficient (Wildman–Crippen LogP) is 0.736. The van der Waals surface area contributed by atoms with Crippen molar-refractivity contribution in [3.05, 3.63) is 29.7 Å². The maximum atomic E-state index is 10.6. The molecule has 0 atom stereocenters. The number of aromatic carboxylic acids is 1. The van der Waals surface area contributed by atoms with Gasteiger partial charge in [0.05, 0.1) is 5.56 Å². The first-order chi connectivity index (χ1) is 6.16. The summed E-state index contributed by atoms with van der Waals surface area (Å²) in [6.45, 7) is 1.76. The van der Waals surface area contributed by atoms with Crippen LogP contribution < -0.4 is 0 Å². The van der Waals surface area contributed by atoms with Crippen LogP contribution in [0.25, 0.3) is 5.65 Å². The van der Waals surface area contributed by atoms with Gasteiger partial charge in [-0.1, -0.05) is 0 Å². The quantitative estimate of drug-likeness (QED) is 0.697. The molecule has 0 unspecified atom stereocenters. The molecular formula is C8H7N3O2. The summed E-state index contributed by atoms with van der Waals surface area (Å²) in [6.07, 6.45) is 1.44.